The molecule has 0 atom stereocenters. The van der Waals surface area contributed by atoms with Crippen molar-refractivity contribution < 1.29 is 17.6 Å². The smallest absolute Gasteiger partial charge is 0.306 e. The van der Waals surface area contributed by atoms with Crippen LogP contribution in [0.15, 0.2) is 47.5 Å². The van der Waals surface area contributed by atoms with Crippen molar-refractivity contribution in [2.24, 2.45) is 0 Å². The molecular weight excluding hydrogens is 388 g/mol. The highest BCUT2D eigenvalue weighted by atomic mass is 19.4. The number of nitrogens with one attached hydrogen (secondary N) is 1. The first-order chi connectivity index (χ1) is 13.8. The van der Waals surface area contributed by atoms with Gasteiger partial charge in [-0.1, -0.05) is 0 Å². The highest BCUT2D eigenvalue weighted by molar-refractivity contribution is 5.54. The van der Waals surface area contributed by atoms with Crippen LogP contribution >= 0.6 is 0 Å². The van der Waals surface area contributed by atoms with E-state index in [1.165, 1.54) is 0 Å². The van der Waals surface area contributed by atoms with Crippen molar-refractivity contribution in [3.63, 3.8) is 0 Å². The zero-order chi connectivity index (χ0) is 20.6. The number of H-pyrrole nitrogens is 1. The fourth-order valence-corrected chi connectivity index (χ4v) is 3.39. The van der Waals surface area contributed by atoms with Crippen LogP contribution in [0.25, 0.3) is 11.4 Å². The molecule has 3 aromatic rings. The Bertz CT molecular complexity index is 1100. The summed E-state index contributed by atoms with van der Waals surface area (Å²) in [6.45, 7) is 0.656. The molecule has 0 spiro atoms. The lowest BCUT2D eigenvalue weighted by molar-refractivity contribution is -0.137. The number of rotatable bonds is 3. The molecule has 1 N–H and O–H groups in total. The minimum absolute atomic E-state index is 0.00569. The van der Waals surface area contributed by atoms with Gasteiger partial charge in [-0.25, -0.2) is 9.37 Å². The lowest BCUT2D eigenvalue weighted by Gasteiger charge is -2.28. The summed E-state index contributed by atoms with van der Waals surface area (Å²) >= 11 is 0. The molecule has 29 heavy (non-hydrogen) atoms. The molecule has 0 radical (unpaired) electrons. The standard InChI is InChI=1S/C20H16F4N4O/c21-16-2-1-14(20(22,23)24)9-13(16)10-28-8-5-15-17(11-28)26-18(27-19(15)29)12-3-6-25-7-4-12/h1-4,6-7,9H,5,8,10-11H2,(H,26,27,29). The molecule has 2 aromatic heterocycles. The predicted molar refractivity (Wildman–Crippen MR) is 97.3 cm³/mol. The van der Waals surface area contributed by atoms with Crippen molar-refractivity contribution in [1.82, 2.24) is 19.9 Å². The molecular formula is C20H16F4N4O. The first kappa shape index (κ1) is 19.3. The number of aromatic amines is 1. The molecule has 5 nitrogen and oxygen atoms in total. The van der Waals surface area contributed by atoms with E-state index in [2.05, 4.69) is 15.0 Å². The number of fused-ring (bicyclic) bond motifs is 1. The summed E-state index contributed by atoms with van der Waals surface area (Å²) in [6.07, 6.45) is -0.991. The van der Waals surface area contributed by atoms with Crippen LogP contribution in [0.2, 0.25) is 0 Å². The van der Waals surface area contributed by atoms with Gasteiger partial charge in [0.1, 0.15) is 11.6 Å². The second-order valence-electron chi connectivity index (χ2n) is 6.84. The summed E-state index contributed by atoms with van der Waals surface area (Å²) in [6, 6.07) is 5.82. The predicted octanol–water partition coefficient (Wildman–Crippen LogP) is 3.55. The molecule has 0 unspecified atom stereocenters. The molecule has 1 aliphatic heterocycles. The van der Waals surface area contributed by atoms with Gasteiger partial charge in [0.15, 0.2) is 0 Å². The van der Waals surface area contributed by atoms with Crippen molar-refractivity contribution in [2.75, 3.05) is 6.54 Å². The minimum atomic E-state index is -4.54. The van der Waals surface area contributed by atoms with Crippen molar-refractivity contribution in [1.29, 1.82) is 0 Å². The van der Waals surface area contributed by atoms with E-state index in [0.29, 0.717) is 35.6 Å². The fourth-order valence-electron chi connectivity index (χ4n) is 3.39. The number of pyridine rings is 1. The van der Waals surface area contributed by atoms with Crippen LogP contribution in [0.5, 0.6) is 0 Å². The first-order valence-corrected chi connectivity index (χ1v) is 8.92. The second-order valence-corrected chi connectivity index (χ2v) is 6.84. The van der Waals surface area contributed by atoms with Crippen LogP contribution in [-0.4, -0.2) is 26.4 Å². The van der Waals surface area contributed by atoms with Crippen LogP contribution in [0, 0.1) is 5.82 Å². The first-order valence-electron chi connectivity index (χ1n) is 8.92. The zero-order valence-corrected chi connectivity index (χ0v) is 15.1. The average molecular weight is 404 g/mol. The molecule has 1 aliphatic rings. The third kappa shape index (κ3) is 4.04. The number of halogens is 4. The molecule has 150 valence electrons. The van der Waals surface area contributed by atoms with Crippen molar-refractivity contribution in [3.05, 3.63) is 81.3 Å². The number of benzene rings is 1. The molecule has 9 heteroatoms. The van der Waals surface area contributed by atoms with Gasteiger partial charge < -0.3 is 4.98 Å². The van der Waals surface area contributed by atoms with Gasteiger partial charge in [-0.2, -0.15) is 13.2 Å². The van der Waals surface area contributed by atoms with Gasteiger partial charge >= 0.3 is 6.18 Å². The van der Waals surface area contributed by atoms with Crippen LogP contribution in [-0.2, 0) is 25.7 Å². The Balaban J connectivity index is 1.61. The fraction of sp³-hybridized carbons (Fsp3) is 0.250. The van der Waals surface area contributed by atoms with Crippen molar-refractivity contribution >= 4 is 0 Å². The number of hydrogen-bond acceptors (Lipinski definition) is 4. The largest absolute Gasteiger partial charge is 0.416 e. The third-order valence-electron chi connectivity index (χ3n) is 4.87. The van der Waals surface area contributed by atoms with Crippen LogP contribution < -0.4 is 5.56 Å². The van der Waals surface area contributed by atoms with E-state index in [-0.39, 0.29) is 24.2 Å². The molecule has 0 saturated carbocycles. The topological polar surface area (TPSA) is 61.9 Å². The summed E-state index contributed by atoms with van der Waals surface area (Å²) in [5.74, 6) is -0.302. The summed E-state index contributed by atoms with van der Waals surface area (Å²) < 4.78 is 52.9. The van der Waals surface area contributed by atoms with E-state index in [1.54, 1.807) is 29.4 Å². The highest BCUT2D eigenvalue weighted by Crippen LogP contribution is 2.31. The van der Waals surface area contributed by atoms with E-state index in [9.17, 15) is 22.4 Å². The van der Waals surface area contributed by atoms with Crippen LogP contribution in [0.4, 0.5) is 17.6 Å². The monoisotopic (exact) mass is 404 g/mol. The lowest BCUT2D eigenvalue weighted by atomic mass is 10.0. The molecule has 4 rings (SSSR count). The van der Waals surface area contributed by atoms with E-state index >= 15 is 0 Å². The Labute approximate surface area is 163 Å². The summed E-state index contributed by atoms with van der Waals surface area (Å²) in [7, 11) is 0. The molecule has 0 fully saturated rings. The van der Waals surface area contributed by atoms with Crippen LogP contribution in [0.1, 0.15) is 22.4 Å². The molecule has 0 bridgehead atoms. The Morgan fingerprint density at radius 1 is 1.14 bits per heavy atom. The number of nitrogens with zero attached hydrogens (tertiary/aromatic N) is 3. The van der Waals surface area contributed by atoms with E-state index in [0.717, 1.165) is 18.2 Å². The maximum Gasteiger partial charge on any atom is 0.416 e. The van der Waals surface area contributed by atoms with Crippen LogP contribution in [0.3, 0.4) is 0 Å². The maximum absolute atomic E-state index is 14.1. The average Bonchev–Trinajstić information content (AvgIpc) is 2.69. The van der Waals surface area contributed by atoms with E-state index in [1.807, 2.05) is 0 Å². The number of alkyl halides is 3. The number of hydrogen-bond donors (Lipinski definition) is 1. The second kappa shape index (κ2) is 7.40. The number of aromatic nitrogens is 3. The maximum atomic E-state index is 14.1. The molecule has 1 aromatic carbocycles. The third-order valence-corrected chi connectivity index (χ3v) is 4.87. The van der Waals surface area contributed by atoms with Gasteiger partial charge in [0.05, 0.1) is 11.3 Å². The molecule has 3 heterocycles. The Morgan fingerprint density at radius 3 is 2.62 bits per heavy atom. The van der Waals surface area contributed by atoms with Crippen molar-refractivity contribution in [2.45, 2.75) is 25.7 Å². The lowest BCUT2D eigenvalue weighted by Crippen LogP contribution is -2.35. The zero-order valence-electron chi connectivity index (χ0n) is 15.1. The summed E-state index contributed by atoms with van der Waals surface area (Å²) in [5.41, 5.74) is 0.610. The van der Waals surface area contributed by atoms with Crippen molar-refractivity contribution in [3.8, 4) is 11.4 Å². The molecule has 0 saturated heterocycles. The quantitative estimate of drug-likeness (QED) is 0.679. The van der Waals surface area contributed by atoms with Gasteiger partial charge in [-0.05, 0) is 36.8 Å². The molecule has 0 amide bonds. The molecule has 0 aliphatic carbocycles. The van der Waals surface area contributed by atoms with Gasteiger partial charge in [-0.15, -0.1) is 0 Å². The van der Waals surface area contributed by atoms with E-state index < -0.39 is 17.6 Å². The van der Waals surface area contributed by atoms with Gasteiger partial charge in [0, 0.05) is 48.7 Å². The van der Waals surface area contributed by atoms with E-state index in [4.69, 9.17) is 0 Å². The Kier molecular flexibility index (Phi) is 4.91. The van der Waals surface area contributed by atoms with Gasteiger partial charge in [-0.3, -0.25) is 14.7 Å². The minimum Gasteiger partial charge on any atom is -0.306 e. The highest BCUT2D eigenvalue weighted by Gasteiger charge is 2.31. The Morgan fingerprint density at radius 2 is 1.90 bits per heavy atom. The van der Waals surface area contributed by atoms with Gasteiger partial charge in [0.2, 0.25) is 0 Å². The normalized spacial score (nSPS) is 14.6. The van der Waals surface area contributed by atoms with Gasteiger partial charge in [0.25, 0.3) is 5.56 Å². The summed E-state index contributed by atoms with van der Waals surface area (Å²) in [4.78, 5) is 25.4. The summed E-state index contributed by atoms with van der Waals surface area (Å²) in [5, 5.41) is 0. The SMILES string of the molecule is O=c1[nH]c(-c2ccncc2)nc2c1CCN(Cc1cc(C(F)(F)F)ccc1F)C2. The Hall–Kier alpha value is -3.07.